The summed E-state index contributed by atoms with van der Waals surface area (Å²) in [5, 5.41) is 1.08. The van der Waals surface area contributed by atoms with Crippen molar-refractivity contribution in [3.63, 3.8) is 0 Å². The molecule has 0 saturated carbocycles. The predicted molar refractivity (Wildman–Crippen MR) is 35.3 cm³/mol. The van der Waals surface area contributed by atoms with Gasteiger partial charge in [-0.3, -0.25) is 4.34 Å². The second kappa shape index (κ2) is 5.92. The first-order chi connectivity index (χ1) is 2.91. The molecule has 0 aliphatic rings. The first kappa shape index (κ1) is 6.92. The van der Waals surface area contributed by atoms with E-state index in [1.165, 1.54) is 6.42 Å². The zero-order valence-corrected chi connectivity index (χ0v) is 6.55. The van der Waals surface area contributed by atoms with E-state index in [-0.39, 0.29) is 0 Å². The van der Waals surface area contributed by atoms with Gasteiger partial charge < -0.3 is 0 Å². The molecule has 0 spiro atoms. The molecule has 0 aromatic heterocycles. The fourth-order valence-corrected chi connectivity index (χ4v) is 0.694. The van der Waals surface area contributed by atoms with Crippen molar-refractivity contribution in [3.05, 3.63) is 0 Å². The van der Waals surface area contributed by atoms with E-state index in [9.17, 15) is 0 Å². The van der Waals surface area contributed by atoms with Gasteiger partial charge in [-0.05, 0) is 6.42 Å². The molecule has 0 aromatic carbocycles. The number of halogens is 2. The Labute approximate surface area is 55.0 Å². The first-order valence-electron chi connectivity index (χ1n) is 1.81. The van der Waals surface area contributed by atoms with Gasteiger partial charge in [0.15, 0.2) is 0 Å². The molecule has 0 aromatic rings. The summed E-state index contributed by atoms with van der Waals surface area (Å²) >= 11 is 6.37. The number of alkyl halides is 1. The molecule has 0 heterocycles. The van der Waals surface area contributed by atoms with Gasteiger partial charge in [-0.1, -0.05) is 15.9 Å². The fourth-order valence-electron chi connectivity index (χ4n) is 0.134. The van der Waals surface area contributed by atoms with Crippen LogP contribution in [-0.4, -0.2) is 11.9 Å². The Hall–Kier alpha value is 0.920. The van der Waals surface area contributed by atoms with Gasteiger partial charge in [0.25, 0.3) is 0 Å². The topological polar surface area (TPSA) is 12.0 Å². The third-order valence-corrected chi connectivity index (χ3v) is 1.36. The summed E-state index contributed by atoms with van der Waals surface area (Å²) < 4.78 is 2.85. The highest BCUT2D eigenvalue weighted by molar-refractivity contribution is 9.09. The highest BCUT2D eigenvalue weighted by atomic mass is 79.9. The number of hydrogen-bond donors (Lipinski definition) is 1. The standard InChI is InChI=1S/C3H7Br2N/c4-2-1-3-6-5/h6H,1-3H2. The Balaban J connectivity index is 2.34. The Kier molecular flexibility index (Phi) is 6.83. The van der Waals surface area contributed by atoms with Crippen LogP contribution < -0.4 is 4.34 Å². The summed E-state index contributed by atoms with van der Waals surface area (Å²) in [6.45, 7) is 1.03. The van der Waals surface area contributed by atoms with Crippen molar-refractivity contribution >= 4 is 32.1 Å². The largest absolute Gasteiger partial charge is 0.256 e. The van der Waals surface area contributed by atoms with Gasteiger partial charge in [0.2, 0.25) is 0 Å². The highest BCUT2D eigenvalue weighted by Crippen LogP contribution is 1.84. The Morgan fingerprint density at radius 1 is 1.50 bits per heavy atom. The van der Waals surface area contributed by atoms with Crippen LogP contribution in [0.5, 0.6) is 0 Å². The zero-order valence-electron chi connectivity index (χ0n) is 3.38. The van der Waals surface area contributed by atoms with Crippen LogP contribution in [0.3, 0.4) is 0 Å². The molecule has 38 valence electrons. The molecule has 0 unspecified atom stereocenters. The summed E-state index contributed by atoms with van der Waals surface area (Å²) in [7, 11) is 0. The Bertz CT molecular complexity index is 20.8. The van der Waals surface area contributed by atoms with Gasteiger partial charge in [-0.2, -0.15) is 0 Å². The molecule has 0 fully saturated rings. The van der Waals surface area contributed by atoms with Crippen LogP contribution in [0.4, 0.5) is 0 Å². The minimum Gasteiger partial charge on any atom is -0.256 e. The van der Waals surface area contributed by atoms with E-state index >= 15 is 0 Å². The SMILES string of the molecule is BrCCCNBr. The quantitative estimate of drug-likeness (QED) is 0.430. The Morgan fingerprint density at radius 2 is 2.17 bits per heavy atom. The van der Waals surface area contributed by atoms with Gasteiger partial charge in [0.05, 0.1) is 0 Å². The molecule has 0 bridgehead atoms. The van der Waals surface area contributed by atoms with Crippen LogP contribution in [0.25, 0.3) is 0 Å². The smallest absolute Gasteiger partial charge is 0.00875 e. The number of rotatable bonds is 3. The second-order valence-corrected chi connectivity index (χ2v) is 2.28. The van der Waals surface area contributed by atoms with Gasteiger partial charge in [-0.15, -0.1) is 0 Å². The van der Waals surface area contributed by atoms with Crippen molar-refractivity contribution in [3.8, 4) is 0 Å². The average Bonchev–Trinajstić information content (AvgIpc) is 1.61. The van der Waals surface area contributed by atoms with Crippen molar-refractivity contribution in [2.45, 2.75) is 6.42 Å². The Morgan fingerprint density at radius 3 is 2.33 bits per heavy atom. The van der Waals surface area contributed by atoms with Crippen LogP contribution in [0.15, 0.2) is 0 Å². The summed E-state index contributed by atoms with van der Waals surface area (Å²) in [6.07, 6.45) is 1.17. The lowest BCUT2D eigenvalue weighted by atomic mass is 10.5. The normalized spacial score (nSPS) is 9.00. The van der Waals surface area contributed by atoms with E-state index in [1.54, 1.807) is 0 Å². The molecule has 0 rings (SSSR count). The van der Waals surface area contributed by atoms with Crippen molar-refractivity contribution in [2.75, 3.05) is 11.9 Å². The van der Waals surface area contributed by atoms with E-state index in [0.29, 0.717) is 0 Å². The molecule has 0 saturated heterocycles. The number of hydrogen-bond acceptors (Lipinski definition) is 1. The summed E-state index contributed by atoms with van der Waals surface area (Å²) in [6, 6.07) is 0. The molecule has 0 aliphatic carbocycles. The third kappa shape index (κ3) is 4.92. The van der Waals surface area contributed by atoms with E-state index < -0.39 is 0 Å². The van der Waals surface area contributed by atoms with E-state index in [0.717, 1.165) is 11.9 Å². The maximum absolute atomic E-state index is 3.29. The monoisotopic (exact) mass is 215 g/mol. The van der Waals surface area contributed by atoms with Gasteiger partial charge >= 0.3 is 0 Å². The lowest BCUT2D eigenvalue weighted by molar-refractivity contribution is 0.903. The lowest BCUT2D eigenvalue weighted by Crippen LogP contribution is -1.99. The molecule has 1 nitrogen and oxygen atoms in total. The highest BCUT2D eigenvalue weighted by Gasteiger charge is 1.76. The van der Waals surface area contributed by atoms with Crippen molar-refractivity contribution in [1.29, 1.82) is 0 Å². The van der Waals surface area contributed by atoms with Crippen LogP contribution in [0.2, 0.25) is 0 Å². The lowest BCUT2D eigenvalue weighted by Gasteiger charge is -1.86. The first-order valence-corrected chi connectivity index (χ1v) is 3.72. The molecular formula is C3H7Br2N. The summed E-state index contributed by atoms with van der Waals surface area (Å²) in [5.74, 6) is 0. The second-order valence-electron chi connectivity index (χ2n) is 0.926. The summed E-state index contributed by atoms with van der Waals surface area (Å²) in [5.41, 5.74) is 0. The molecule has 1 N–H and O–H groups in total. The molecule has 0 amide bonds. The van der Waals surface area contributed by atoms with Crippen molar-refractivity contribution in [2.24, 2.45) is 0 Å². The molecular weight excluding hydrogens is 210 g/mol. The van der Waals surface area contributed by atoms with Gasteiger partial charge in [0, 0.05) is 28.0 Å². The van der Waals surface area contributed by atoms with Gasteiger partial charge in [-0.25, -0.2) is 0 Å². The van der Waals surface area contributed by atoms with Crippen LogP contribution in [-0.2, 0) is 0 Å². The zero-order chi connectivity index (χ0) is 4.83. The number of nitrogens with one attached hydrogen (secondary N) is 1. The van der Waals surface area contributed by atoms with Crippen LogP contribution >= 0.6 is 32.1 Å². The molecule has 0 radical (unpaired) electrons. The third-order valence-electron chi connectivity index (χ3n) is 0.405. The molecule has 0 atom stereocenters. The predicted octanol–water partition coefficient (Wildman–Crippen LogP) is 1.67. The van der Waals surface area contributed by atoms with Crippen LogP contribution in [0.1, 0.15) is 6.42 Å². The maximum atomic E-state index is 3.29. The fraction of sp³-hybridized carbons (Fsp3) is 1.00. The molecule has 3 heteroatoms. The van der Waals surface area contributed by atoms with Crippen molar-refractivity contribution in [1.82, 2.24) is 4.34 Å². The van der Waals surface area contributed by atoms with E-state index in [4.69, 9.17) is 0 Å². The van der Waals surface area contributed by atoms with Crippen molar-refractivity contribution < 1.29 is 0 Å². The minimum atomic E-state index is 1.03. The average molecular weight is 217 g/mol. The maximum Gasteiger partial charge on any atom is 0.00875 e. The molecule has 6 heavy (non-hydrogen) atoms. The molecule has 0 aliphatic heterocycles. The summed E-state index contributed by atoms with van der Waals surface area (Å²) in [4.78, 5) is 0. The minimum absolute atomic E-state index is 1.03. The van der Waals surface area contributed by atoms with E-state index in [2.05, 4.69) is 36.4 Å². The van der Waals surface area contributed by atoms with Crippen LogP contribution in [0, 0.1) is 0 Å². The van der Waals surface area contributed by atoms with Gasteiger partial charge in [0.1, 0.15) is 0 Å². The van der Waals surface area contributed by atoms with E-state index in [1.807, 2.05) is 0 Å².